The van der Waals surface area contributed by atoms with Crippen molar-refractivity contribution in [1.82, 2.24) is 0 Å². The Morgan fingerprint density at radius 2 is 2.36 bits per heavy atom. The average molecular weight is 146 g/mol. The lowest BCUT2D eigenvalue weighted by atomic mass is 10.00. The molecule has 0 N–H and O–H groups in total. The standard InChI is InChI=1S/C8H6N2O/c11-8-5-10-4-6-3-9-2-1-7(6)8/h1-2,4-5H,3H2. The molecular formula is C8H6N2O. The van der Waals surface area contributed by atoms with Crippen molar-refractivity contribution in [2.75, 3.05) is 6.54 Å². The fourth-order valence-corrected chi connectivity index (χ4v) is 1.09. The Bertz CT molecular complexity index is 321. The summed E-state index contributed by atoms with van der Waals surface area (Å²) in [6.07, 6.45) is 6.39. The van der Waals surface area contributed by atoms with E-state index in [9.17, 15) is 4.79 Å². The fraction of sp³-hybridized carbons (Fsp3) is 0.125. The van der Waals surface area contributed by atoms with E-state index in [0.717, 1.165) is 11.1 Å². The van der Waals surface area contributed by atoms with Crippen LogP contribution in [0.5, 0.6) is 0 Å². The van der Waals surface area contributed by atoms with E-state index in [1.165, 1.54) is 6.21 Å². The molecule has 0 aromatic heterocycles. The first-order valence-electron chi connectivity index (χ1n) is 3.35. The average Bonchev–Trinajstić information content (AvgIpc) is 2.06. The topological polar surface area (TPSA) is 41.8 Å². The first kappa shape index (κ1) is 6.22. The molecule has 0 unspecified atom stereocenters. The largest absolute Gasteiger partial charge is 0.288 e. The van der Waals surface area contributed by atoms with Crippen molar-refractivity contribution in [3.8, 4) is 0 Å². The molecule has 2 aliphatic heterocycles. The van der Waals surface area contributed by atoms with Crippen molar-refractivity contribution >= 4 is 18.2 Å². The van der Waals surface area contributed by atoms with E-state index in [1.807, 2.05) is 0 Å². The second-order valence-corrected chi connectivity index (χ2v) is 2.37. The van der Waals surface area contributed by atoms with Crippen LogP contribution in [0.15, 0.2) is 33.4 Å². The molecule has 0 aromatic rings. The highest BCUT2D eigenvalue weighted by molar-refractivity contribution is 6.38. The summed E-state index contributed by atoms with van der Waals surface area (Å²) >= 11 is 0. The van der Waals surface area contributed by atoms with Crippen LogP contribution < -0.4 is 0 Å². The summed E-state index contributed by atoms with van der Waals surface area (Å²) in [5.74, 6) is -0.0198. The van der Waals surface area contributed by atoms with Crippen LogP contribution in [0.4, 0.5) is 0 Å². The van der Waals surface area contributed by atoms with Gasteiger partial charge < -0.3 is 0 Å². The number of carbonyl (C=O) groups is 1. The van der Waals surface area contributed by atoms with E-state index in [1.54, 1.807) is 18.5 Å². The molecule has 0 aliphatic carbocycles. The maximum atomic E-state index is 11.1. The van der Waals surface area contributed by atoms with E-state index >= 15 is 0 Å². The summed E-state index contributed by atoms with van der Waals surface area (Å²) in [6.45, 7) is 0.578. The molecule has 2 rings (SSSR count). The second kappa shape index (κ2) is 2.27. The minimum absolute atomic E-state index is 0.0198. The Labute approximate surface area is 63.9 Å². The summed E-state index contributed by atoms with van der Waals surface area (Å²) in [7, 11) is 0. The maximum Gasteiger partial charge on any atom is 0.204 e. The summed E-state index contributed by atoms with van der Waals surface area (Å²) in [4.78, 5) is 18.9. The van der Waals surface area contributed by atoms with Gasteiger partial charge in [-0.15, -0.1) is 0 Å². The lowest BCUT2D eigenvalue weighted by molar-refractivity contribution is -0.109. The third-order valence-electron chi connectivity index (χ3n) is 1.64. The molecule has 2 aliphatic rings. The minimum Gasteiger partial charge on any atom is -0.288 e. The summed E-state index contributed by atoms with van der Waals surface area (Å²) in [5, 5.41) is 0. The number of nitrogens with zero attached hydrogens (tertiary/aromatic N) is 2. The molecule has 0 aromatic carbocycles. The van der Waals surface area contributed by atoms with Crippen LogP contribution in [0.3, 0.4) is 0 Å². The Kier molecular flexibility index (Phi) is 1.28. The lowest BCUT2D eigenvalue weighted by Gasteiger charge is -2.11. The number of rotatable bonds is 0. The second-order valence-electron chi connectivity index (χ2n) is 2.37. The molecule has 0 saturated carbocycles. The molecule has 3 heteroatoms. The van der Waals surface area contributed by atoms with Gasteiger partial charge in [0.05, 0.1) is 12.8 Å². The first-order chi connectivity index (χ1) is 5.38. The van der Waals surface area contributed by atoms with Gasteiger partial charge in [0.2, 0.25) is 5.78 Å². The molecule has 54 valence electrons. The predicted octanol–water partition coefficient (Wildman–Crippen LogP) is 0.535. The number of aliphatic imine (C=N–C) groups is 2. The van der Waals surface area contributed by atoms with Gasteiger partial charge in [-0.1, -0.05) is 0 Å². The Hall–Kier alpha value is -1.51. The van der Waals surface area contributed by atoms with E-state index in [4.69, 9.17) is 0 Å². The Morgan fingerprint density at radius 1 is 1.45 bits per heavy atom. The van der Waals surface area contributed by atoms with Crippen molar-refractivity contribution in [1.29, 1.82) is 0 Å². The highest BCUT2D eigenvalue weighted by Gasteiger charge is 2.16. The van der Waals surface area contributed by atoms with E-state index in [0.29, 0.717) is 6.54 Å². The molecule has 0 radical (unpaired) electrons. The van der Waals surface area contributed by atoms with Gasteiger partial charge in [-0.25, -0.2) is 0 Å². The van der Waals surface area contributed by atoms with Gasteiger partial charge in [0, 0.05) is 23.6 Å². The number of allylic oxidation sites excluding steroid dienone is 1. The van der Waals surface area contributed by atoms with Crippen LogP contribution in [0.25, 0.3) is 0 Å². The monoisotopic (exact) mass is 146 g/mol. The van der Waals surface area contributed by atoms with Gasteiger partial charge in [0.25, 0.3) is 0 Å². The van der Waals surface area contributed by atoms with Crippen molar-refractivity contribution in [3.05, 3.63) is 23.4 Å². The van der Waals surface area contributed by atoms with Crippen LogP contribution in [-0.4, -0.2) is 24.8 Å². The van der Waals surface area contributed by atoms with E-state index in [-0.39, 0.29) is 5.78 Å². The normalized spacial score (nSPS) is 20.9. The van der Waals surface area contributed by atoms with E-state index < -0.39 is 0 Å². The Morgan fingerprint density at radius 3 is 3.18 bits per heavy atom. The molecule has 3 nitrogen and oxygen atoms in total. The molecule has 2 heterocycles. The van der Waals surface area contributed by atoms with Crippen molar-refractivity contribution in [2.24, 2.45) is 9.98 Å². The van der Waals surface area contributed by atoms with Crippen LogP contribution in [-0.2, 0) is 4.79 Å². The van der Waals surface area contributed by atoms with Crippen LogP contribution in [0, 0.1) is 0 Å². The number of hydrogen-bond acceptors (Lipinski definition) is 3. The summed E-state index contributed by atoms with van der Waals surface area (Å²) in [5.41, 5.74) is 1.65. The van der Waals surface area contributed by atoms with Gasteiger partial charge in [0.1, 0.15) is 0 Å². The van der Waals surface area contributed by atoms with Gasteiger partial charge in [-0.05, 0) is 6.08 Å². The number of hydrogen-bond donors (Lipinski definition) is 0. The van der Waals surface area contributed by atoms with Gasteiger partial charge in [-0.2, -0.15) is 0 Å². The smallest absolute Gasteiger partial charge is 0.204 e. The van der Waals surface area contributed by atoms with Crippen LogP contribution in [0.2, 0.25) is 0 Å². The van der Waals surface area contributed by atoms with Crippen molar-refractivity contribution in [3.63, 3.8) is 0 Å². The summed E-state index contributed by atoms with van der Waals surface area (Å²) in [6, 6.07) is 0. The number of dihydropyridines is 1. The van der Waals surface area contributed by atoms with E-state index in [2.05, 4.69) is 9.98 Å². The number of Topliss-reactive ketones (excluding diaryl/α,β-unsaturated/α-hetero) is 1. The molecule has 0 fully saturated rings. The van der Waals surface area contributed by atoms with Crippen molar-refractivity contribution < 1.29 is 4.79 Å². The molecule has 11 heavy (non-hydrogen) atoms. The third kappa shape index (κ3) is 0.941. The van der Waals surface area contributed by atoms with Gasteiger partial charge in [-0.3, -0.25) is 14.8 Å². The van der Waals surface area contributed by atoms with Crippen LogP contribution in [0.1, 0.15) is 0 Å². The molecular weight excluding hydrogens is 140 g/mol. The highest BCUT2D eigenvalue weighted by Crippen LogP contribution is 2.16. The lowest BCUT2D eigenvalue weighted by Crippen LogP contribution is -2.14. The Balaban J connectivity index is 2.48. The highest BCUT2D eigenvalue weighted by atomic mass is 16.1. The maximum absolute atomic E-state index is 11.1. The molecule has 0 bridgehead atoms. The van der Waals surface area contributed by atoms with Gasteiger partial charge >= 0.3 is 0 Å². The number of ketones is 1. The molecule has 0 atom stereocenters. The molecule has 0 spiro atoms. The van der Waals surface area contributed by atoms with Crippen LogP contribution >= 0.6 is 0 Å². The van der Waals surface area contributed by atoms with Crippen molar-refractivity contribution in [2.45, 2.75) is 0 Å². The minimum atomic E-state index is -0.0198. The molecule has 0 amide bonds. The number of carbonyl (C=O) groups excluding carboxylic acids is 1. The zero-order valence-corrected chi connectivity index (χ0v) is 5.82. The number of fused-ring (bicyclic) bond motifs is 1. The molecule has 0 saturated heterocycles. The zero-order chi connectivity index (χ0) is 7.68. The quantitative estimate of drug-likeness (QED) is 0.491. The first-order valence-corrected chi connectivity index (χ1v) is 3.35. The SMILES string of the molecule is O=C1C=NC=C2CN=CC=C12. The third-order valence-corrected chi connectivity index (χ3v) is 1.64. The zero-order valence-electron chi connectivity index (χ0n) is 5.82. The van der Waals surface area contributed by atoms with Gasteiger partial charge in [0.15, 0.2) is 0 Å². The fourth-order valence-electron chi connectivity index (χ4n) is 1.09. The summed E-state index contributed by atoms with van der Waals surface area (Å²) < 4.78 is 0. The predicted molar refractivity (Wildman–Crippen MR) is 43.0 cm³/mol.